The molecule has 1 fully saturated rings. The van der Waals surface area contributed by atoms with Gasteiger partial charge in [-0.15, -0.1) is 0 Å². The summed E-state index contributed by atoms with van der Waals surface area (Å²) in [6.45, 7) is 3.95. The number of hydrogen-bond donors (Lipinski definition) is 0. The molecular weight excluding hydrogens is 354 g/mol. The molecule has 0 unspecified atom stereocenters. The Morgan fingerprint density at radius 3 is 2.41 bits per heavy atom. The first-order valence-electron chi connectivity index (χ1n) is 8.59. The van der Waals surface area contributed by atoms with Gasteiger partial charge in [0, 0.05) is 24.5 Å². The van der Waals surface area contributed by atoms with Gasteiger partial charge >= 0.3 is 5.97 Å². The molecule has 1 aliphatic heterocycles. The minimum Gasteiger partial charge on any atom is -0.496 e. The summed E-state index contributed by atoms with van der Waals surface area (Å²) < 4.78 is 21.3. The Labute approximate surface area is 158 Å². The van der Waals surface area contributed by atoms with Crippen LogP contribution in [0.1, 0.15) is 42.1 Å². The minimum atomic E-state index is -0.371. The number of methoxy groups -OCH3 is 2. The largest absolute Gasteiger partial charge is 0.496 e. The molecule has 0 radical (unpaired) electrons. The van der Waals surface area contributed by atoms with Crippen molar-refractivity contribution in [1.29, 1.82) is 0 Å². The van der Waals surface area contributed by atoms with Gasteiger partial charge in [-0.3, -0.25) is 19.3 Å². The molecule has 0 spiro atoms. The fraction of sp³-hybridized carbons (Fsp3) is 0.526. The molecule has 8 nitrogen and oxygen atoms in total. The second kappa shape index (κ2) is 8.85. The first-order valence-corrected chi connectivity index (χ1v) is 8.59. The summed E-state index contributed by atoms with van der Waals surface area (Å²) in [6, 6.07) is 1.47. The summed E-state index contributed by atoms with van der Waals surface area (Å²) in [6.07, 6.45) is 0.720. The van der Waals surface area contributed by atoms with E-state index in [9.17, 15) is 14.4 Å². The lowest BCUT2D eigenvalue weighted by Crippen LogP contribution is -2.34. The number of rotatable bonds is 8. The van der Waals surface area contributed by atoms with Gasteiger partial charge in [0.1, 0.15) is 23.7 Å². The molecule has 0 aliphatic carbocycles. The van der Waals surface area contributed by atoms with Crippen LogP contribution in [-0.2, 0) is 14.3 Å². The maximum absolute atomic E-state index is 12.3. The van der Waals surface area contributed by atoms with Crippen LogP contribution in [0, 0.1) is 0 Å². The van der Waals surface area contributed by atoms with E-state index in [1.165, 1.54) is 28.1 Å². The molecule has 1 aliphatic rings. The predicted molar refractivity (Wildman–Crippen MR) is 96.7 cm³/mol. The average molecular weight is 379 g/mol. The zero-order chi connectivity index (χ0) is 20.1. The number of benzene rings is 1. The van der Waals surface area contributed by atoms with Crippen LogP contribution < -0.4 is 14.2 Å². The van der Waals surface area contributed by atoms with Crippen molar-refractivity contribution in [3.63, 3.8) is 0 Å². The van der Waals surface area contributed by atoms with Crippen LogP contribution in [0.4, 0.5) is 0 Å². The SMILES string of the molecule is COc1cc(OC)c([C@@H]2CCN(C)[C@H]2COC(C)=O)c(OC=O)c1C(C)=O. The van der Waals surface area contributed by atoms with Crippen LogP contribution in [0.3, 0.4) is 0 Å². The molecule has 27 heavy (non-hydrogen) atoms. The predicted octanol–water partition coefficient (Wildman–Crippen LogP) is 1.79. The summed E-state index contributed by atoms with van der Waals surface area (Å²) in [5.74, 6) is 0.00905. The van der Waals surface area contributed by atoms with Gasteiger partial charge in [-0.2, -0.15) is 0 Å². The second-order valence-corrected chi connectivity index (χ2v) is 6.41. The molecule has 1 saturated heterocycles. The molecule has 0 amide bonds. The summed E-state index contributed by atoms with van der Waals surface area (Å²) in [5, 5.41) is 0. The van der Waals surface area contributed by atoms with E-state index in [0.29, 0.717) is 11.3 Å². The van der Waals surface area contributed by atoms with Crippen molar-refractivity contribution in [3.05, 3.63) is 17.2 Å². The minimum absolute atomic E-state index is 0.127. The maximum Gasteiger partial charge on any atom is 0.302 e. The highest BCUT2D eigenvalue weighted by atomic mass is 16.5. The third kappa shape index (κ3) is 4.21. The van der Waals surface area contributed by atoms with E-state index >= 15 is 0 Å². The Kier molecular flexibility index (Phi) is 6.79. The van der Waals surface area contributed by atoms with Gasteiger partial charge in [0.05, 0.1) is 20.3 Å². The zero-order valence-corrected chi connectivity index (χ0v) is 16.2. The van der Waals surface area contributed by atoms with Crippen LogP contribution >= 0.6 is 0 Å². The van der Waals surface area contributed by atoms with E-state index in [2.05, 4.69) is 4.90 Å². The Hall–Kier alpha value is -2.61. The standard InChI is InChI=1S/C19H25NO7/c1-11(22)17-15(24-4)8-16(25-5)18(19(17)27-10-21)13-6-7-20(3)14(13)9-26-12(2)23/h8,10,13-14H,6-7,9H2,1-5H3/t13-,14+/m1/s1. The topological polar surface area (TPSA) is 91.4 Å². The number of ether oxygens (including phenoxy) is 4. The number of Topliss-reactive ketones (excluding diaryl/α,β-unsaturated/α-hetero) is 1. The molecule has 2 rings (SSSR count). The van der Waals surface area contributed by atoms with Gasteiger partial charge < -0.3 is 18.9 Å². The average Bonchev–Trinajstić information content (AvgIpc) is 2.98. The molecule has 8 heteroatoms. The highest BCUT2D eigenvalue weighted by molar-refractivity contribution is 6.01. The molecule has 1 aromatic rings. The van der Waals surface area contributed by atoms with Crippen LogP contribution in [0.2, 0.25) is 0 Å². The molecule has 0 bridgehead atoms. The molecule has 1 heterocycles. The van der Waals surface area contributed by atoms with E-state index in [0.717, 1.165) is 13.0 Å². The maximum atomic E-state index is 12.3. The summed E-state index contributed by atoms with van der Waals surface area (Å²) >= 11 is 0. The number of likely N-dealkylation sites (N-methyl/N-ethyl adjacent to an activating group) is 1. The molecule has 2 atom stereocenters. The van der Waals surface area contributed by atoms with Gasteiger partial charge in [0.25, 0.3) is 6.47 Å². The van der Waals surface area contributed by atoms with E-state index in [1.54, 1.807) is 6.07 Å². The smallest absolute Gasteiger partial charge is 0.302 e. The first kappa shape index (κ1) is 20.7. The Morgan fingerprint density at radius 2 is 1.89 bits per heavy atom. The van der Waals surface area contributed by atoms with Crippen LogP contribution in [0.25, 0.3) is 0 Å². The number of esters is 1. The van der Waals surface area contributed by atoms with Gasteiger partial charge in [0.15, 0.2) is 11.5 Å². The molecule has 0 saturated carbocycles. The fourth-order valence-corrected chi connectivity index (χ4v) is 3.60. The summed E-state index contributed by atoms with van der Waals surface area (Å²) in [4.78, 5) is 36.8. The van der Waals surface area contributed by atoms with Crippen molar-refractivity contribution in [3.8, 4) is 17.2 Å². The Balaban J connectivity index is 2.65. The van der Waals surface area contributed by atoms with Crippen molar-refractivity contribution < 1.29 is 33.3 Å². The summed E-state index contributed by atoms with van der Waals surface area (Å²) in [7, 11) is 4.85. The highest BCUT2D eigenvalue weighted by Crippen LogP contribution is 2.47. The highest BCUT2D eigenvalue weighted by Gasteiger charge is 2.39. The van der Waals surface area contributed by atoms with Crippen molar-refractivity contribution in [2.24, 2.45) is 0 Å². The van der Waals surface area contributed by atoms with E-state index in [1.807, 2.05) is 7.05 Å². The lowest BCUT2D eigenvalue weighted by atomic mass is 9.88. The van der Waals surface area contributed by atoms with Crippen molar-refractivity contribution in [1.82, 2.24) is 4.90 Å². The van der Waals surface area contributed by atoms with Gasteiger partial charge in [-0.25, -0.2) is 0 Å². The van der Waals surface area contributed by atoms with Crippen molar-refractivity contribution in [2.45, 2.75) is 32.2 Å². The number of nitrogens with zero attached hydrogens (tertiary/aromatic N) is 1. The number of likely N-dealkylation sites (tertiary alicyclic amines) is 1. The fourth-order valence-electron chi connectivity index (χ4n) is 3.60. The second-order valence-electron chi connectivity index (χ2n) is 6.41. The normalized spacial score (nSPS) is 19.4. The number of hydrogen-bond acceptors (Lipinski definition) is 8. The Bertz CT molecular complexity index is 731. The van der Waals surface area contributed by atoms with Gasteiger partial charge in [-0.1, -0.05) is 0 Å². The number of carbonyl (C=O) groups excluding carboxylic acids is 3. The monoisotopic (exact) mass is 379 g/mol. The van der Waals surface area contributed by atoms with E-state index in [4.69, 9.17) is 18.9 Å². The lowest BCUT2D eigenvalue weighted by Gasteiger charge is -2.28. The van der Waals surface area contributed by atoms with Crippen molar-refractivity contribution >= 4 is 18.2 Å². The first-order chi connectivity index (χ1) is 12.8. The van der Waals surface area contributed by atoms with Crippen LogP contribution in [0.5, 0.6) is 17.2 Å². The molecule has 148 valence electrons. The van der Waals surface area contributed by atoms with E-state index < -0.39 is 0 Å². The molecule has 0 aromatic heterocycles. The van der Waals surface area contributed by atoms with Crippen LogP contribution in [0.15, 0.2) is 6.07 Å². The summed E-state index contributed by atoms with van der Waals surface area (Å²) in [5.41, 5.74) is 0.776. The molecule has 1 aromatic carbocycles. The quantitative estimate of drug-likeness (QED) is 0.384. The Morgan fingerprint density at radius 1 is 1.22 bits per heavy atom. The van der Waals surface area contributed by atoms with Gasteiger partial charge in [-0.05, 0) is 26.9 Å². The third-order valence-electron chi connectivity index (χ3n) is 4.86. The third-order valence-corrected chi connectivity index (χ3v) is 4.86. The molecule has 0 N–H and O–H groups in total. The number of carbonyl (C=O) groups is 3. The van der Waals surface area contributed by atoms with Gasteiger partial charge in [0.2, 0.25) is 0 Å². The zero-order valence-electron chi connectivity index (χ0n) is 16.2. The van der Waals surface area contributed by atoms with Crippen LogP contribution in [-0.4, -0.2) is 63.6 Å². The van der Waals surface area contributed by atoms with E-state index in [-0.39, 0.29) is 53.9 Å². The van der Waals surface area contributed by atoms with Crippen molar-refractivity contribution in [2.75, 3.05) is 34.4 Å². The molecular formula is C19H25NO7. The number of ketones is 1. The lowest BCUT2D eigenvalue weighted by molar-refractivity contribution is -0.142.